The fourth-order valence-corrected chi connectivity index (χ4v) is 0.485. The number of ether oxygens (including phenoxy) is 1. The van der Waals surface area contributed by atoms with Crippen molar-refractivity contribution < 1.29 is 19.7 Å². The van der Waals surface area contributed by atoms with Gasteiger partial charge in [0.05, 0.1) is 12.5 Å². The highest BCUT2D eigenvalue weighted by Gasteiger charge is 2.05. The largest absolute Gasteiger partial charge is 0.382 e. The third-order valence-electron chi connectivity index (χ3n) is 1.26. The predicted octanol–water partition coefficient (Wildman–Crippen LogP) is 0.818. The van der Waals surface area contributed by atoms with E-state index in [1.165, 1.54) is 0 Å². The molecule has 0 aromatic heterocycles. The molecule has 0 aliphatic heterocycles. The zero-order valence-electron chi connectivity index (χ0n) is 6.16. The van der Waals surface area contributed by atoms with E-state index in [0.717, 1.165) is 0 Å². The monoisotopic (exact) mass is 148 g/mol. The van der Waals surface area contributed by atoms with E-state index in [4.69, 9.17) is 9.99 Å². The van der Waals surface area contributed by atoms with Crippen molar-refractivity contribution in [3.8, 4) is 0 Å². The molecule has 10 heavy (non-hydrogen) atoms. The Kier molecular flexibility index (Phi) is 4.88. The van der Waals surface area contributed by atoms with Crippen LogP contribution in [0.5, 0.6) is 0 Å². The Labute approximate surface area is 59.7 Å². The first-order chi connectivity index (χ1) is 4.70. The maximum absolute atomic E-state index is 10.3. The lowest BCUT2D eigenvalue weighted by Crippen LogP contribution is -2.09. The normalized spacial score (nSPS) is 12.7. The van der Waals surface area contributed by atoms with Crippen molar-refractivity contribution in [1.29, 1.82) is 0 Å². The van der Waals surface area contributed by atoms with Crippen LogP contribution in [0.1, 0.15) is 19.8 Å². The van der Waals surface area contributed by atoms with Gasteiger partial charge in [0.1, 0.15) is 0 Å². The van der Waals surface area contributed by atoms with Crippen molar-refractivity contribution in [2.45, 2.75) is 25.9 Å². The van der Waals surface area contributed by atoms with Gasteiger partial charge in [0.2, 0.25) is 0 Å². The van der Waals surface area contributed by atoms with Gasteiger partial charge < -0.3 is 9.62 Å². The molecular weight excluding hydrogens is 136 g/mol. The fraction of sp³-hybridized carbons (Fsp3) is 0.833. The summed E-state index contributed by atoms with van der Waals surface area (Å²) in [6.07, 6.45) is 0.778. The topological polar surface area (TPSA) is 55.8 Å². The highest BCUT2D eigenvalue weighted by atomic mass is 17.1. The van der Waals surface area contributed by atoms with Crippen molar-refractivity contribution in [1.82, 2.24) is 0 Å². The molecule has 0 aliphatic rings. The summed E-state index contributed by atoms with van der Waals surface area (Å²) < 4.78 is 4.86. The van der Waals surface area contributed by atoms with Gasteiger partial charge in [0.25, 0.3) is 0 Å². The molecule has 0 saturated carbocycles. The summed E-state index contributed by atoms with van der Waals surface area (Å²) >= 11 is 0. The second-order valence-corrected chi connectivity index (χ2v) is 2.05. The van der Waals surface area contributed by atoms with Gasteiger partial charge in [0, 0.05) is 7.11 Å². The third-order valence-corrected chi connectivity index (χ3v) is 1.26. The molecule has 0 saturated heterocycles. The zero-order valence-corrected chi connectivity index (χ0v) is 6.16. The summed E-state index contributed by atoms with van der Waals surface area (Å²) in [5, 5.41) is 7.83. The van der Waals surface area contributed by atoms with Gasteiger partial charge in [0.15, 0.2) is 0 Å². The number of hydrogen-bond donors (Lipinski definition) is 1. The second kappa shape index (κ2) is 5.20. The predicted molar refractivity (Wildman–Crippen MR) is 34.4 cm³/mol. The maximum atomic E-state index is 10.3. The quantitative estimate of drug-likeness (QED) is 0.473. The number of hydrogen-bond acceptors (Lipinski definition) is 4. The van der Waals surface area contributed by atoms with Crippen LogP contribution in [-0.4, -0.2) is 24.4 Å². The van der Waals surface area contributed by atoms with Gasteiger partial charge in [-0.25, -0.2) is 4.79 Å². The smallest absolute Gasteiger partial charge is 0.342 e. The van der Waals surface area contributed by atoms with E-state index in [1.54, 1.807) is 7.11 Å². The molecule has 0 spiro atoms. The van der Waals surface area contributed by atoms with Gasteiger partial charge in [-0.1, -0.05) is 0 Å². The maximum Gasteiger partial charge on any atom is 0.342 e. The molecule has 1 N–H and O–H groups in total. The molecule has 0 rings (SSSR count). The first-order valence-electron chi connectivity index (χ1n) is 3.07. The first-order valence-corrected chi connectivity index (χ1v) is 3.07. The van der Waals surface area contributed by atoms with Crippen molar-refractivity contribution >= 4 is 5.97 Å². The van der Waals surface area contributed by atoms with Crippen LogP contribution in [0, 0.1) is 0 Å². The van der Waals surface area contributed by atoms with E-state index >= 15 is 0 Å². The summed E-state index contributed by atoms with van der Waals surface area (Å²) in [4.78, 5) is 13.8. The minimum Gasteiger partial charge on any atom is -0.382 e. The Morgan fingerprint density at radius 1 is 1.70 bits per heavy atom. The lowest BCUT2D eigenvalue weighted by Gasteiger charge is -2.05. The van der Waals surface area contributed by atoms with Crippen LogP contribution in [0.25, 0.3) is 0 Å². The van der Waals surface area contributed by atoms with Crippen LogP contribution in [0.15, 0.2) is 0 Å². The standard InChI is InChI=1S/C6H12O4/c1-5(9-2)3-4-6(7)10-8/h5,8H,3-4H2,1-2H3. The molecule has 0 amide bonds. The van der Waals surface area contributed by atoms with Gasteiger partial charge in [-0.3, -0.25) is 0 Å². The fourth-order valence-electron chi connectivity index (χ4n) is 0.485. The Bertz CT molecular complexity index is 102. The molecule has 60 valence electrons. The average molecular weight is 148 g/mol. The molecule has 0 aromatic carbocycles. The Morgan fingerprint density at radius 3 is 2.70 bits per heavy atom. The summed E-state index contributed by atoms with van der Waals surface area (Å²) in [5.74, 6) is -0.621. The molecule has 0 fully saturated rings. The zero-order chi connectivity index (χ0) is 7.98. The van der Waals surface area contributed by atoms with Crippen LogP contribution >= 0.6 is 0 Å². The molecule has 4 heteroatoms. The van der Waals surface area contributed by atoms with Gasteiger partial charge in [-0.15, -0.1) is 0 Å². The molecule has 4 nitrogen and oxygen atoms in total. The van der Waals surface area contributed by atoms with Gasteiger partial charge >= 0.3 is 5.97 Å². The number of carbonyl (C=O) groups is 1. The highest BCUT2D eigenvalue weighted by molar-refractivity contribution is 5.68. The molecule has 0 aliphatic carbocycles. The van der Waals surface area contributed by atoms with E-state index in [2.05, 4.69) is 4.89 Å². The minimum atomic E-state index is -0.621. The number of carbonyl (C=O) groups excluding carboxylic acids is 1. The van der Waals surface area contributed by atoms with Gasteiger partial charge in [-0.05, 0) is 13.3 Å². The molecule has 0 bridgehead atoms. The van der Waals surface area contributed by atoms with Crippen LogP contribution in [-0.2, 0) is 14.4 Å². The van der Waals surface area contributed by atoms with E-state index in [0.29, 0.717) is 6.42 Å². The second-order valence-electron chi connectivity index (χ2n) is 2.05. The van der Waals surface area contributed by atoms with Crippen LogP contribution in [0.4, 0.5) is 0 Å². The van der Waals surface area contributed by atoms with E-state index < -0.39 is 5.97 Å². The molecule has 0 heterocycles. The molecular formula is C6H12O4. The van der Waals surface area contributed by atoms with Crippen molar-refractivity contribution in [3.05, 3.63) is 0 Å². The average Bonchev–Trinajstić information content (AvgIpc) is 1.99. The number of rotatable bonds is 4. The number of methoxy groups -OCH3 is 1. The van der Waals surface area contributed by atoms with E-state index in [1.807, 2.05) is 6.92 Å². The molecule has 1 atom stereocenters. The Hall–Kier alpha value is -0.610. The summed E-state index contributed by atoms with van der Waals surface area (Å²) in [6, 6.07) is 0. The summed E-state index contributed by atoms with van der Waals surface area (Å²) in [7, 11) is 1.56. The van der Waals surface area contributed by atoms with Crippen LogP contribution in [0.3, 0.4) is 0 Å². The lowest BCUT2D eigenvalue weighted by molar-refractivity contribution is -0.234. The van der Waals surface area contributed by atoms with E-state index in [-0.39, 0.29) is 12.5 Å². The lowest BCUT2D eigenvalue weighted by atomic mass is 10.2. The van der Waals surface area contributed by atoms with Gasteiger partial charge in [-0.2, -0.15) is 5.26 Å². The van der Waals surface area contributed by atoms with Crippen LogP contribution in [0.2, 0.25) is 0 Å². The van der Waals surface area contributed by atoms with Crippen molar-refractivity contribution in [3.63, 3.8) is 0 Å². The van der Waals surface area contributed by atoms with E-state index in [9.17, 15) is 4.79 Å². The first kappa shape index (κ1) is 9.39. The van der Waals surface area contributed by atoms with Crippen molar-refractivity contribution in [2.24, 2.45) is 0 Å². The Morgan fingerprint density at radius 2 is 2.30 bits per heavy atom. The summed E-state index contributed by atoms with van der Waals surface area (Å²) in [5.41, 5.74) is 0. The molecule has 0 aromatic rings. The third kappa shape index (κ3) is 4.29. The minimum absolute atomic E-state index is 0.0269. The SMILES string of the molecule is COC(C)CCC(=O)OO. The van der Waals surface area contributed by atoms with Crippen LogP contribution < -0.4 is 0 Å². The Balaban J connectivity index is 3.26. The molecule has 1 unspecified atom stereocenters. The molecule has 0 radical (unpaired) electrons. The van der Waals surface area contributed by atoms with Crippen molar-refractivity contribution in [2.75, 3.05) is 7.11 Å². The summed E-state index contributed by atoms with van der Waals surface area (Å²) in [6.45, 7) is 1.84. The highest BCUT2D eigenvalue weighted by Crippen LogP contribution is 2.00.